The Balaban J connectivity index is 1.23. The van der Waals surface area contributed by atoms with Crippen molar-refractivity contribution in [1.29, 1.82) is 0 Å². The minimum Gasteiger partial charge on any atom is -0.393 e. The van der Waals surface area contributed by atoms with Gasteiger partial charge in [-0.1, -0.05) is 67.5 Å². The Morgan fingerprint density at radius 3 is 2.60 bits per heavy atom. The zero-order chi connectivity index (χ0) is 28.1. The first kappa shape index (κ1) is 28.0. The van der Waals surface area contributed by atoms with Gasteiger partial charge in [-0.3, -0.25) is 0 Å². The fourth-order valence-corrected chi connectivity index (χ4v) is 9.03. The Kier molecular flexibility index (Phi) is 7.42. The van der Waals surface area contributed by atoms with Gasteiger partial charge in [-0.05, 0) is 87.5 Å². The predicted molar refractivity (Wildman–Crippen MR) is 157 cm³/mol. The highest BCUT2D eigenvalue weighted by molar-refractivity contribution is 5.75. The van der Waals surface area contributed by atoms with Crippen molar-refractivity contribution in [3.05, 3.63) is 59.2 Å². The van der Waals surface area contributed by atoms with Crippen LogP contribution in [0.1, 0.15) is 90.2 Å². The minimum absolute atomic E-state index is 0.0216. The van der Waals surface area contributed by atoms with Gasteiger partial charge < -0.3 is 25.2 Å². The fraction of sp³-hybridized carbons (Fsp3) is 0.676. The van der Waals surface area contributed by atoms with Crippen molar-refractivity contribution in [2.24, 2.45) is 22.7 Å². The van der Waals surface area contributed by atoms with Crippen molar-refractivity contribution < 1.29 is 19.7 Å². The molecule has 3 N–H and O–H groups in total. The Hall–Kier alpha value is -2.15. The summed E-state index contributed by atoms with van der Waals surface area (Å²) in [6.07, 6.45) is 12.8. The number of aliphatic hydroxyl groups excluding tert-OH is 1. The molecule has 4 aliphatic carbocycles. The third-order valence-corrected chi connectivity index (χ3v) is 11.7. The van der Waals surface area contributed by atoms with Crippen LogP contribution in [0.3, 0.4) is 0 Å². The number of nitrogens with one attached hydrogen (secondary N) is 1. The van der Waals surface area contributed by atoms with Crippen LogP contribution in [0, 0.1) is 22.7 Å². The van der Waals surface area contributed by atoms with Crippen LogP contribution in [-0.2, 0) is 4.74 Å². The first-order chi connectivity index (χ1) is 19.1. The maximum absolute atomic E-state index is 13.8. The second-order valence-corrected chi connectivity index (χ2v) is 13.9. The summed E-state index contributed by atoms with van der Waals surface area (Å²) < 4.78 is 5.96. The molecule has 0 aromatic heterocycles. The number of amides is 2. The summed E-state index contributed by atoms with van der Waals surface area (Å²) in [4.78, 5) is 15.6. The van der Waals surface area contributed by atoms with Gasteiger partial charge in [-0.15, -0.1) is 0 Å². The first-order valence-electron chi connectivity index (χ1n) is 15.7. The molecule has 2 amide bonds. The van der Waals surface area contributed by atoms with E-state index >= 15 is 0 Å². The molecule has 1 aliphatic heterocycles. The van der Waals surface area contributed by atoms with Crippen LogP contribution in [0.25, 0.3) is 0 Å². The summed E-state index contributed by atoms with van der Waals surface area (Å²) in [5, 5.41) is 26.0. The third kappa shape index (κ3) is 4.74. The molecule has 1 saturated heterocycles. The summed E-state index contributed by atoms with van der Waals surface area (Å²) in [6.45, 7) is 8.29. The molecule has 0 spiro atoms. The number of nitrogens with zero attached hydrogens (tertiary/aromatic N) is 1. The molecule has 1 heterocycles. The molecule has 218 valence electrons. The molecule has 5 aliphatic rings. The number of benzene rings is 1. The molecule has 0 radical (unpaired) electrons. The van der Waals surface area contributed by atoms with Gasteiger partial charge >= 0.3 is 6.03 Å². The number of fused-ring (bicyclic) bond motifs is 5. The van der Waals surface area contributed by atoms with E-state index in [0.29, 0.717) is 31.3 Å². The molecule has 0 unspecified atom stereocenters. The fourth-order valence-electron chi connectivity index (χ4n) is 9.03. The standard InChI is InChI=1S/C34H48N2O4/c1-23(24-8-5-4-6-9-24)35-31(38)36(21-27-10-7-19-40-27)22-34(39)18-15-30-28-12-11-25-20-26(37)13-16-32(25,2)29(28)14-17-33(30,34)3/h4-6,8-9,11-12,23,26-27,29-30,37,39H,7,10,13-22H2,1-3H3,(H,35,38)/t23-,26+,27-,29+,30+,32+,33+,34-/m1/s1. The summed E-state index contributed by atoms with van der Waals surface area (Å²) in [7, 11) is 0. The van der Waals surface area contributed by atoms with Gasteiger partial charge in [0.25, 0.3) is 0 Å². The maximum Gasteiger partial charge on any atom is 0.318 e. The predicted octanol–water partition coefficient (Wildman–Crippen LogP) is 5.91. The second kappa shape index (κ2) is 10.6. The number of ether oxygens (including phenoxy) is 1. The van der Waals surface area contributed by atoms with Crippen LogP contribution in [0.15, 0.2) is 53.6 Å². The summed E-state index contributed by atoms with van der Waals surface area (Å²) in [6, 6.07) is 9.80. The quantitative estimate of drug-likeness (QED) is 0.413. The van der Waals surface area contributed by atoms with Crippen molar-refractivity contribution in [2.45, 2.75) is 102 Å². The molecule has 1 aromatic rings. The smallest absolute Gasteiger partial charge is 0.318 e. The number of rotatable bonds is 6. The van der Waals surface area contributed by atoms with E-state index in [9.17, 15) is 15.0 Å². The molecule has 1 aromatic carbocycles. The van der Waals surface area contributed by atoms with E-state index in [0.717, 1.165) is 63.5 Å². The molecular weight excluding hydrogens is 500 g/mol. The lowest BCUT2D eigenvalue weighted by Crippen LogP contribution is -2.58. The van der Waals surface area contributed by atoms with Crippen molar-refractivity contribution in [3.8, 4) is 0 Å². The normalized spacial score (nSPS) is 39.3. The molecule has 0 bridgehead atoms. The monoisotopic (exact) mass is 548 g/mol. The van der Waals surface area contributed by atoms with Gasteiger partial charge in [0.1, 0.15) is 0 Å². The van der Waals surface area contributed by atoms with Gasteiger partial charge in [0.15, 0.2) is 0 Å². The topological polar surface area (TPSA) is 82.0 Å². The summed E-state index contributed by atoms with van der Waals surface area (Å²) in [5.74, 6) is 0.798. The number of aliphatic hydroxyl groups is 2. The summed E-state index contributed by atoms with van der Waals surface area (Å²) >= 11 is 0. The summed E-state index contributed by atoms with van der Waals surface area (Å²) in [5.41, 5.74) is 2.85. The molecule has 6 nitrogen and oxygen atoms in total. The maximum atomic E-state index is 13.8. The number of hydrogen-bond donors (Lipinski definition) is 3. The van der Waals surface area contributed by atoms with Crippen LogP contribution >= 0.6 is 0 Å². The van der Waals surface area contributed by atoms with Crippen LogP contribution < -0.4 is 5.32 Å². The van der Waals surface area contributed by atoms with E-state index in [2.05, 4.69) is 31.3 Å². The number of hydrogen-bond acceptors (Lipinski definition) is 4. The lowest BCUT2D eigenvalue weighted by Gasteiger charge is -2.56. The molecular formula is C34H48N2O4. The van der Waals surface area contributed by atoms with Gasteiger partial charge in [0.2, 0.25) is 0 Å². The Morgan fingerprint density at radius 2 is 1.85 bits per heavy atom. The highest BCUT2D eigenvalue weighted by Gasteiger charge is 2.62. The van der Waals surface area contributed by atoms with Crippen LogP contribution in [0.5, 0.6) is 0 Å². The van der Waals surface area contributed by atoms with E-state index in [1.165, 1.54) is 11.1 Å². The van der Waals surface area contributed by atoms with Crippen molar-refractivity contribution in [2.75, 3.05) is 19.7 Å². The van der Waals surface area contributed by atoms with E-state index in [4.69, 9.17) is 4.74 Å². The van der Waals surface area contributed by atoms with Crippen LogP contribution in [-0.4, -0.2) is 58.6 Å². The van der Waals surface area contributed by atoms with Gasteiger partial charge in [-0.2, -0.15) is 0 Å². The van der Waals surface area contributed by atoms with Gasteiger partial charge in [-0.25, -0.2) is 4.79 Å². The number of allylic oxidation sites excluding steroid dienone is 3. The molecule has 6 heteroatoms. The SMILES string of the molecule is C[C@@H](NC(=O)N(C[C@H]1CCCO1)C[C@]1(O)CC[C@H]2C3=CC=C4C[C@@H](O)CC[C@]4(C)[C@H]3CC[C@@]21C)c1ccccc1. The zero-order valence-corrected chi connectivity index (χ0v) is 24.6. The molecule has 40 heavy (non-hydrogen) atoms. The molecule has 3 saturated carbocycles. The number of urea groups is 1. The molecule has 6 rings (SSSR count). The van der Waals surface area contributed by atoms with Crippen molar-refractivity contribution in [3.63, 3.8) is 0 Å². The third-order valence-electron chi connectivity index (χ3n) is 11.7. The van der Waals surface area contributed by atoms with E-state index in [1.807, 2.05) is 42.2 Å². The lowest BCUT2D eigenvalue weighted by molar-refractivity contribution is -0.0991. The molecule has 4 fully saturated rings. The van der Waals surface area contributed by atoms with E-state index in [-0.39, 0.29) is 35.1 Å². The zero-order valence-electron chi connectivity index (χ0n) is 24.6. The first-order valence-corrected chi connectivity index (χ1v) is 15.7. The number of carbonyl (C=O) groups is 1. The van der Waals surface area contributed by atoms with Crippen molar-refractivity contribution in [1.82, 2.24) is 10.2 Å². The van der Waals surface area contributed by atoms with Crippen LogP contribution in [0.2, 0.25) is 0 Å². The second-order valence-electron chi connectivity index (χ2n) is 13.9. The molecule has 8 atom stereocenters. The highest BCUT2D eigenvalue weighted by atomic mass is 16.5. The largest absolute Gasteiger partial charge is 0.393 e. The Morgan fingerprint density at radius 1 is 1.07 bits per heavy atom. The van der Waals surface area contributed by atoms with E-state index in [1.54, 1.807) is 0 Å². The highest BCUT2D eigenvalue weighted by Crippen LogP contribution is 2.66. The average Bonchev–Trinajstić information content (AvgIpc) is 3.55. The lowest BCUT2D eigenvalue weighted by atomic mass is 9.50. The van der Waals surface area contributed by atoms with Gasteiger partial charge in [0.05, 0.1) is 30.4 Å². The minimum atomic E-state index is -0.955. The van der Waals surface area contributed by atoms with Crippen molar-refractivity contribution >= 4 is 6.03 Å². The average molecular weight is 549 g/mol. The van der Waals surface area contributed by atoms with E-state index < -0.39 is 5.60 Å². The Labute approximate surface area is 239 Å². The van der Waals surface area contributed by atoms with Gasteiger partial charge in [0, 0.05) is 18.6 Å². The number of carbonyl (C=O) groups excluding carboxylic acids is 1. The Bertz CT molecular complexity index is 1160. The van der Waals surface area contributed by atoms with Crippen LogP contribution in [0.4, 0.5) is 4.79 Å².